The van der Waals surface area contributed by atoms with Crippen molar-refractivity contribution in [3.8, 4) is 0 Å². The standard InChI is InChI=1S/C18H19N3O5S3/c22-16-12-28-18(24)21(16)10-9-19-17(23)13-3-5-15(6-4-13)29(25,26)20-8-7-14-2-1-11-27-14/h1-6,11,20H,7-10,12H2,(H,19,23). The molecule has 1 fully saturated rings. The SMILES string of the molecule is O=C(NCCN1C(=O)CSC1=O)c1ccc(S(=O)(=O)NCCc2cccs2)cc1. The van der Waals surface area contributed by atoms with Gasteiger partial charge in [0.05, 0.1) is 10.6 Å². The van der Waals surface area contributed by atoms with Gasteiger partial charge in [-0.2, -0.15) is 0 Å². The molecule has 154 valence electrons. The van der Waals surface area contributed by atoms with Crippen molar-refractivity contribution in [2.24, 2.45) is 0 Å². The van der Waals surface area contributed by atoms with Crippen LogP contribution in [0.15, 0.2) is 46.7 Å². The van der Waals surface area contributed by atoms with Crippen LogP contribution in [0.3, 0.4) is 0 Å². The molecule has 0 saturated carbocycles. The number of nitrogens with zero attached hydrogens (tertiary/aromatic N) is 1. The number of carbonyl (C=O) groups excluding carboxylic acids is 3. The summed E-state index contributed by atoms with van der Waals surface area (Å²) in [5, 5.41) is 4.24. The fraction of sp³-hybridized carbons (Fsp3) is 0.278. The van der Waals surface area contributed by atoms with Gasteiger partial charge in [-0.15, -0.1) is 11.3 Å². The van der Waals surface area contributed by atoms with Crippen molar-refractivity contribution in [2.45, 2.75) is 11.3 Å². The summed E-state index contributed by atoms with van der Waals surface area (Å²) < 4.78 is 27.2. The molecule has 1 aliphatic rings. The molecule has 0 radical (unpaired) electrons. The number of thiophene rings is 1. The minimum Gasteiger partial charge on any atom is -0.350 e. The van der Waals surface area contributed by atoms with Crippen LogP contribution in [0.5, 0.6) is 0 Å². The Morgan fingerprint density at radius 2 is 1.86 bits per heavy atom. The van der Waals surface area contributed by atoms with E-state index in [0.717, 1.165) is 21.5 Å². The van der Waals surface area contributed by atoms with E-state index in [1.165, 1.54) is 24.3 Å². The molecule has 0 unspecified atom stereocenters. The first-order valence-electron chi connectivity index (χ1n) is 8.74. The number of carbonyl (C=O) groups is 3. The van der Waals surface area contributed by atoms with Crippen LogP contribution in [0, 0.1) is 0 Å². The van der Waals surface area contributed by atoms with Crippen molar-refractivity contribution in [1.82, 2.24) is 14.9 Å². The molecule has 1 aromatic heterocycles. The number of sulfonamides is 1. The van der Waals surface area contributed by atoms with Crippen LogP contribution in [0.2, 0.25) is 0 Å². The van der Waals surface area contributed by atoms with Gasteiger partial charge in [-0.05, 0) is 42.1 Å². The van der Waals surface area contributed by atoms with E-state index in [9.17, 15) is 22.8 Å². The molecule has 2 N–H and O–H groups in total. The van der Waals surface area contributed by atoms with E-state index >= 15 is 0 Å². The molecule has 3 amide bonds. The highest BCUT2D eigenvalue weighted by Gasteiger charge is 2.29. The Morgan fingerprint density at radius 3 is 2.48 bits per heavy atom. The monoisotopic (exact) mass is 453 g/mol. The van der Waals surface area contributed by atoms with Crippen molar-refractivity contribution in [2.75, 3.05) is 25.4 Å². The van der Waals surface area contributed by atoms with Crippen LogP contribution in [0.1, 0.15) is 15.2 Å². The number of thioether (sulfide) groups is 1. The number of imide groups is 1. The zero-order valence-electron chi connectivity index (χ0n) is 15.3. The summed E-state index contributed by atoms with van der Waals surface area (Å²) in [6, 6.07) is 9.44. The maximum Gasteiger partial charge on any atom is 0.288 e. The van der Waals surface area contributed by atoms with Crippen LogP contribution in [-0.4, -0.2) is 55.8 Å². The molecule has 0 atom stereocenters. The molecule has 2 heterocycles. The quantitative estimate of drug-likeness (QED) is 0.598. The Labute approximate surface area is 176 Å². The number of benzene rings is 1. The Bertz CT molecular complexity index is 972. The van der Waals surface area contributed by atoms with E-state index < -0.39 is 15.9 Å². The maximum atomic E-state index is 12.3. The highest BCUT2D eigenvalue weighted by Crippen LogP contribution is 2.17. The molecule has 0 aliphatic carbocycles. The summed E-state index contributed by atoms with van der Waals surface area (Å²) in [6.45, 7) is 0.523. The third-order valence-corrected chi connectivity index (χ3v) is 7.40. The number of hydrogen-bond donors (Lipinski definition) is 2. The Balaban J connectivity index is 1.49. The van der Waals surface area contributed by atoms with Gasteiger partial charge in [-0.25, -0.2) is 13.1 Å². The van der Waals surface area contributed by atoms with Crippen LogP contribution < -0.4 is 10.0 Å². The molecule has 11 heteroatoms. The average molecular weight is 454 g/mol. The molecular formula is C18H19N3O5S3. The lowest BCUT2D eigenvalue weighted by Gasteiger charge is -2.13. The molecule has 1 saturated heterocycles. The van der Waals surface area contributed by atoms with Crippen molar-refractivity contribution in [3.63, 3.8) is 0 Å². The van der Waals surface area contributed by atoms with Gasteiger partial charge >= 0.3 is 0 Å². The molecule has 3 rings (SSSR count). The summed E-state index contributed by atoms with van der Waals surface area (Å²) in [4.78, 5) is 37.5. The van der Waals surface area contributed by atoms with Crippen LogP contribution in [0.25, 0.3) is 0 Å². The van der Waals surface area contributed by atoms with Crippen molar-refractivity contribution < 1.29 is 22.8 Å². The minimum atomic E-state index is -3.66. The lowest BCUT2D eigenvalue weighted by molar-refractivity contribution is -0.124. The average Bonchev–Trinajstić information content (AvgIpc) is 3.33. The zero-order chi connectivity index (χ0) is 20.9. The van der Waals surface area contributed by atoms with E-state index in [1.807, 2.05) is 17.5 Å². The molecule has 2 aromatic rings. The third kappa shape index (κ3) is 5.66. The van der Waals surface area contributed by atoms with Crippen molar-refractivity contribution in [1.29, 1.82) is 0 Å². The largest absolute Gasteiger partial charge is 0.350 e. The maximum absolute atomic E-state index is 12.3. The van der Waals surface area contributed by atoms with Gasteiger partial charge < -0.3 is 5.32 Å². The van der Waals surface area contributed by atoms with Gasteiger partial charge in [0.2, 0.25) is 15.9 Å². The van der Waals surface area contributed by atoms with Gasteiger partial charge in [0.1, 0.15) is 0 Å². The van der Waals surface area contributed by atoms with E-state index in [1.54, 1.807) is 11.3 Å². The highest BCUT2D eigenvalue weighted by atomic mass is 32.2. The van der Waals surface area contributed by atoms with Crippen molar-refractivity contribution in [3.05, 3.63) is 52.2 Å². The first kappa shape index (κ1) is 21.5. The molecule has 1 aliphatic heterocycles. The molecular weight excluding hydrogens is 434 g/mol. The molecule has 0 bridgehead atoms. The van der Waals surface area contributed by atoms with Gasteiger partial charge in [0.15, 0.2) is 0 Å². The first-order chi connectivity index (χ1) is 13.9. The van der Waals surface area contributed by atoms with E-state index in [0.29, 0.717) is 6.42 Å². The first-order valence-corrected chi connectivity index (χ1v) is 12.1. The summed E-state index contributed by atoms with van der Waals surface area (Å²) in [5.74, 6) is -0.550. The van der Waals surface area contributed by atoms with Crippen LogP contribution in [0.4, 0.5) is 4.79 Å². The number of rotatable bonds is 9. The second kappa shape index (κ2) is 9.53. The summed E-state index contributed by atoms with van der Waals surface area (Å²) >= 11 is 2.51. The van der Waals surface area contributed by atoms with Crippen molar-refractivity contribution >= 4 is 50.2 Å². The number of nitrogens with one attached hydrogen (secondary N) is 2. The summed E-state index contributed by atoms with van der Waals surface area (Å²) in [7, 11) is -3.66. The van der Waals surface area contributed by atoms with Gasteiger partial charge in [-0.3, -0.25) is 19.3 Å². The fourth-order valence-corrected chi connectivity index (χ4v) is 5.11. The van der Waals surface area contributed by atoms with E-state index in [4.69, 9.17) is 0 Å². The second-order valence-corrected chi connectivity index (χ2v) is 9.83. The topological polar surface area (TPSA) is 113 Å². The number of hydrogen-bond acceptors (Lipinski definition) is 7. The predicted molar refractivity (Wildman–Crippen MR) is 112 cm³/mol. The van der Waals surface area contributed by atoms with E-state index in [2.05, 4.69) is 10.0 Å². The van der Waals surface area contributed by atoms with E-state index in [-0.39, 0.29) is 47.0 Å². The molecule has 29 heavy (non-hydrogen) atoms. The molecule has 0 spiro atoms. The van der Waals surface area contributed by atoms with Crippen LogP contribution >= 0.6 is 23.1 Å². The Morgan fingerprint density at radius 1 is 1.10 bits per heavy atom. The fourth-order valence-electron chi connectivity index (χ4n) is 2.61. The smallest absolute Gasteiger partial charge is 0.288 e. The number of amides is 3. The van der Waals surface area contributed by atoms with Gasteiger partial charge in [-0.1, -0.05) is 17.8 Å². The van der Waals surface area contributed by atoms with Crippen LogP contribution in [-0.2, 0) is 21.2 Å². The second-order valence-electron chi connectivity index (χ2n) is 6.11. The summed E-state index contributed by atoms with van der Waals surface area (Å²) in [5.41, 5.74) is 0.288. The normalized spacial score (nSPS) is 14.4. The lowest BCUT2D eigenvalue weighted by atomic mass is 10.2. The third-order valence-electron chi connectivity index (χ3n) is 4.13. The summed E-state index contributed by atoms with van der Waals surface area (Å²) in [6.07, 6.45) is 0.609. The molecule has 1 aromatic carbocycles. The Kier molecular flexibility index (Phi) is 7.06. The Hall–Kier alpha value is -2.21. The van der Waals surface area contributed by atoms with Gasteiger partial charge in [0, 0.05) is 30.1 Å². The van der Waals surface area contributed by atoms with Gasteiger partial charge in [0.25, 0.3) is 11.1 Å². The molecule has 8 nitrogen and oxygen atoms in total. The predicted octanol–water partition coefficient (Wildman–Crippen LogP) is 1.69. The minimum absolute atomic E-state index is 0.0746. The zero-order valence-corrected chi connectivity index (χ0v) is 17.7. The lowest BCUT2D eigenvalue weighted by Crippen LogP contribution is -2.37. The highest BCUT2D eigenvalue weighted by molar-refractivity contribution is 8.14.